The van der Waals surface area contributed by atoms with Crippen molar-refractivity contribution >= 4 is 5.78 Å². The quantitative estimate of drug-likeness (QED) is 0.743. The van der Waals surface area contributed by atoms with E-state index in [0.29, 0.717) is 18.3 Å². The molecule has 0 bridgehead atoms. The summed E-state index contributed by atoms with van der Waals surface area (Å²) >= 11 is 0. The lowest BCUT2D eigenvalue weighted by Crippen LogP contribution is -2.02. The van der Waals surface area contributed by atoms with Gasteiger partial charge in [-0.1, -0.05) is 38.1 Å². The van der Waals surface area contributed by atoms with E-state index in [2.05, 4.69) is 26.0 Å². The summed E-state index contributed by atoms with van der Waals surface area (Å²) in [5.41, 5.74) is 2.55. The molecule has 0 aliphatic carbocycles. The van der Waals surface area contributed by atoms with Gasteiger partial charge in [0.25, 0.3) is 0 Å². The predicted octanol–water partition coefficient (Wildman–Crippen LogP) is 4.73. The Morgan fingerprint density at radius 2 is 1.81 bits per heavy atom. The molecule has 2 aromatic carbocycles. The minimum atomic E-state index is -0.436. The molecule has 0 aromatic heterocycles. The van der Waals surface area contributed by atoms with Crippen LogP contribution in [0, 0.1) is 5.82 Å². The Balaban J connectivity index is 2.11. The van der Waals surface area contributed by atoms with Crippen LogP contribution in [0.5, 0.6) is 5.75 Å². The fourth-order valence-corrected chi connectivity index (χ4v) is 2.06. The van der Waals surface area contributed by atoms with Crippen LogP contribution in [-0.4, -0.2) is 5.78 Å². The molecule has 0 amide bonds. The fourth-order valence-electron chi connectivity index (χ4n) is 2.06. The molecule has 0 unspecified atom stereocenters. The van der Waals surface area contributed by atoms with E-state index in [1.165, 1.54) is 30.7 Å². The Morgan fingerprint density at radius 1 is 1.14 bits per heavy atom. The van der Waals surface area contributed by atoms with Crippen LogP contribution in [0.25, 0.3) is 0 Å². The molecule has 3 heteroatoms. The zero-order valence-electron chi connectivity index (χ0n) is 12.5. The molecule has 0 saturated heterocycles. The molecule has 21 heavy (non-hydrogen) atoms. The Hall–Kier alpha value is -2.16. The molecule has 0 spiro atoms. The molecule has 2 nitrogen and oxygen atoms in total. The molecular weight excluding hydrogens is 267 g/mol. The standard InChI is InChI=1S/C18H19FO2/c1-12(2)15-6-4-14(5-7-15)11-21-18-9-8-16(19)10-17(18)13(3)20/h4-10,12H,11H2,1-3H3. The van der Waals surface area contributed by atoms with Crippen molar-refractivity contribution in [2.45, 2.75) is 33.3 Å². The number of rotatable bonds is 5. The van der Waals surface area contributed by atoms with Crippen molar-refractivity contribution in [3.63, 3.8) is 0 Å². The van der Waals surface area contributed by atoms with Crippen LogP contribution in [0.2, 0.25) is 0 Å². The van der Waals surface area contributed by atoms with Gasteiger partial charge in [0.1, 0.15) is 18.2 Å². The molecule has 0 heterocycles. The second-order valence-corrected chi connectivity index (χ2v) is 5.38. The van der Waals surface area contributed by atoms with Crippen LogP contribution in [0.15, 0.2) is 42.5 Å². The predicted molar refractivity (Wildman–Crippen MR) is 81.3 cm³/mol. The third-order valence-corrected chi connectivity index (χ3v) is 3.36. The zero-order valence-corrected chi connectivity index (χ0v) is 12.5. The highest BCUT2D eigenvalue weighted by Gasteiger charge is 2.10. The molecule has 0 fully saturated rings. The Bertz CT molecular complexity index is 630. The summed E-state index contributed by atoms with van der Waals surface area (Å²) in [5.74, 6) is 0.256. The van der Waals surface area contributed by atoms with Crippen molar-refractivity contribution in [1.82, 2.24) is 0 Å². The first-order chi connectivity index (χ1) is 9.97. The average Bonchev–Trinajstić information content (AvgIpc) is 2.46. The number of ether oxygens (including phenoxy) is 1. The monoisotopic (exact) mass is 286 g/mol. The second-order valence-electron chi connectivity index (χ2n) is 5.38. The van der Waals surface area contributed by atoms with Gasteiger partial charge in [-0.25, -0.2) is 4.39 Å². The van der Waals surface area contributed by atoms with E-state index < -0.39 is 5.82 Å². The van der Waals surface area contributed by atoms with Crippen LogP contribution >= 0.6 is 0 Å². The molecule has 2 aromatic rings. The number of ketones is 1. The summed E-state index contributed by atoms with van der Waals surface area (Å²) in [6.07, 6.45) is 0. The van der Waals surface area contributed by atoms with Gasteiger partial charge in [0.2, 0.25) is 0 Å². The van der Waals surface area contributed by atoms with Gasteiger partial charge in [-0.15, -0.1) is 0 Å². The van der Waals surface area contributed by atoms with Crippen molar-refractivity contribution in [3.05, 3.63) is 65.0 Å². The highest BCUT2D eigenvalue weighted by Crippen LogP contribution is 2.22. The summed E-state index contributed by atoms with van der Waals surface area (Å²) in [7, 11) is 0. The summed E-state index contributed by atoms with van der Waals surface area (Å²) in [5, 5.41) is 0. The molecule has 0 aliphatic heterocycles. The Labute approximate surface area is 124 Å². The third kappa shape index (κ3) is 3.91. The number of Topliss-reactive ketones (excluding diaryl/α,β-unsaturated/α-hetero) is 1. The summed E-state index contributed by atoms with van der Waals surface area (Å²) in [6.45, 7) is 6.04. The lowest BCUT2D eigenvalue weighted by Gasteiger charge is -2.11. The highest BCUT2D eigenvalue weighted by molar-refractivity contribution is 5.96. The molecule has 110 valence electrons. The topological polar surface area (TPSA) is 26.3 Å². The first-order valence-electron chi connectivity index (χ1n) is 6.99. The van der Waals surface area contributed by atoms with Gasteiger partial charge in [-0.3, -0.25) is 4.79 Å². The maximum Gasteiger partial charge on any atom is 0.163 e. The molecule has 2 rings (SSSR count). The normalized spacial score (nSPS) is 10.7. The molecule has 0 saturated carbocycles. The number of halogens is 1. The fraction of sp³-hybridized carbons (Fsp3) is 0.278. The maximum absolute atomic E-state index is 13.2. The number of benzene rings is 2. The van der Waals surface area contributed by atoms with E-state index in [-0.39, 0.29) is 11.3 Å². The SMILES string of the molecule is CC(=O)c1cc(F)ccc1OCc1ccc(C(C)C)cc1. The lowest BCUT2D eigenvalue weighted by molar-refractivity contribution is 0.101. The molecular formula is C18H19FO2. The van der Waals surface area contributed by atoms with Gasteiger partial charge in [0, 0.05) is 0 Å². The number of hydrogen-bond donors (Lipinski definition) is 0. The van der Waals surface area contributed by atoms with Gasteiger partial charge >= 0.3 is 0 Å². The number of carbonyl (C=O) groups is 1. The van der Waals surface area contributed by atoms with Crippen molar-refractivity contribution in [2.75, 3.05) is 0 Å². The largest absolute Gasteiger partial charge is 0.488 e. The zero-order chi connectivity index (χ0) is 15.4. The smallest absolute Gasteiger partial charge is 0.163 e. The number of carbonyl (C=O) groups excluding carboxylic acids is 1. The van der Waals surface area contributed by atoms with Crippen LogP contribution in [0.1, 0.15) is 48.2 Å². The Kier molecular flexibility index (Phi) is 4.73. The Morgan fingerprint density at radius 3 is 2.38 bits per heavy atom. The third-order valence-electron chi connectivity index (χ3n) is 3.36. The van der Waals surface area contributed by atoms with E-state index >= 15 is 0 Å². The van der Waals surface area contributed by atoms with E-state index in [0.717, 1.165) is 5.56 Å². The van der Waals surface area contributed by atoms with E-state index in [1.807, 2.05) is 12.1 Å². The summed E-state index contributed by atoms with van der Waals surface area (Å²) in [4.78, 5) is 11.5. The summed E-state index contributed by atoms with van der Waals surface area (Å²) < 4.78 is 18.8. The van der Waals surface area contributed by atoms with Crippen molar-refractivity contribution in [2.24, 2.45) is 0 Å². The first kappa shape index (κ1) is 15.2. The van der Waals surface area contributed by atoms with Gasteiger partial charge in [-0.2, -0.15) is 0 Å². The van der Waals surface area contributed by atoms with Gasteiger partial charge < -0.3 is 4.74 Å². The highest BCUT2D eigenvalue weighted by atomic mass is 19.1. The summed E-state index contributed by atoms with van der Waals surface area (Å²) in [6, 6.07) is 12.1. The van der Waals surface area contributed by atoms with E-state index in [4.69, 9.17) is 4.74 Å². The van der Waals surface area contributed by atoms with Gasteiger partial charge in [-0.05, 0) is 42.2 Å². The minimum Gasteiger partial charge on any atom is -0.488 e. The maximum atomic E-state index is 13.2. The van der Waals surface area contributed by atoms with Crippen molar-refractivity contribution in [1.29, 1.82) is 0 Å². The molecule has 0 aliphatic rings. The van der Waals surface area contributed by atoms with Crippen LogP contribution in [0.3, 0.4) is 0 Å². The van der Waals surface area contributed by atoms with E-state index in [1.54, 1.807) is 0 Å². The van der Waals surface area contributed by atoms with Gasteiger partial charge in [0.15, 0.2) is 5.78 Å². The van der Waals surface area contributed by atoms with Crippen LogP contribution in [-0.2, 0) is 6.61 Å². The van der Waals surface area contributed by atoms with Gasteiger partial charge in [0.05, 0.1) is 5.56 Å². The second kappa shape index (κ2) is 6.53. The molecule has 0 radical (unpaired) electrons. The van der Waals surface area contributed by atoms with Crippen molar-refractivity contribution in [3.8, 4) is 5.75 Å². The lowest BCUT2D eigenvalue weighted by atomic mass is 10.0. The molecule has 0 atom stereocenters. The molecule has 0 N–H and O–H groups in total. The van der Waals surface area contributed by atoms with Crippen molar-refractivity contribution < 1.29 is 13.9 Å². The van der Waals surface area contributed by atoms with Crippen LogP contribution < -0.4 is 4.74 Å². The minimum absolute atomic E-state index is 0.209. The first-order valence-corrected chi connectivity index (χ1v) is 6.99. The number of hydrogen-bond acceptors (Lipinski definition) is 2. The average molecular weight is 286 g/mol. The van der Waals surface area contributed by atoms with E-state index in [9.17, 15) is 9.18 Å². The van der Waals surface area contributed by atoms with Crippen LogP contribution in [0.4, 0.5) is 4.39 Å².